The molecule has 2 aliphatic carbocycles. The number of carbonyl (C=O) groups is 2. The molecule has 3 rings (SSSR count). The van der Waals surface area contributed by atoms with Gasteiger partial charge in [-0.15, -0.1) is 0 Å². The lowest BCUT2D eigenvalue weighted by Gasteiger charge is -2.33. The Morgan fingerprint density at radius 3 is 1.46 bits per heavy atom. The molecule has 5 atom stereocenters. The summed E-state index contributed by atoms with van der Waals surface area (Å²) in [6, 6.07) is 0. The van der Waals surface area contributed by atoms with Gasteiger partial charge in [-0.25, -0.2) is 9.59 Å². The number of hydrogen-bond acceptors (Lipinski definition) is 9. The van der Waals surface area contributed by atoms with Crippen LogP contribution in [0.4, 0.5) is 0 Å². The minimum Gasteiger partial charge on any atom is -0.458 e. The number of ether oxygens (including phenoxy) is 6. The predicted molar refractivity (Wildman–Crippen MR) is 179 cm³/mol. The van der Waals surface area contributed by atoms with Crippen LogP contribution < -0.4 is 0 Å². The smallest absolute Gasteiger partial charge is 0.338 e. The van der Waals surface area contributed by atoms with Crippen LogP contribution in [-0.4, -0.2) is 78.8 Å². The Kier molecular flexibility index (Phi) is 16.4. The second-order valence-corrected chi connectivity index (χ2v) is 16.8. The molecule has 1 aliphatic heterocycles. The molecule has 1 saturated heterocycles. The maximum atomic E-state index is 12.3. The molecule has 1 unspecified atom stereocenters. The van der Waals surface area contributed by atoms with Gasteiger partial charge in [-0.05, 0) is 151 Å². The van der Waals surface area contributed by atoms with E-state index in [1.165, 1.54) is 19.3 Å². The first-order valence-corrected chi connectivity index (χ1v) is 17.9. The second-order valence-electron chi connectivity index (χ2n) is 16.8. The highest BCUT2D eigenvalue weighted by molar-refractivity contribution is 5.79. The molecule has 0 amide bonds. The van der Waals surface area contributed by atoms with Crippen LogP contribution in [0.25, 0.3) is 0 Å². The van der Waals surface area contributed by atoms with Crippen LogP contribution in [0.1, 0.15) is 140 Å². The molecule has 9 heteroatoms. The van der Waals surface area contributed by atoms with E-state index in [0.29, 0.717) is 36.9 Å². The molecule has 1 N–H and O–H groups in total. The summed E-state index contributed by atoms with van der Waals surface area (Å²) in [5.74, 6) is 1.25. The number of aliphatic hydroxyl groups excluding tert-OH is 1. The largest absolute Gasteiger partial charge is 0.458 e. The molecular weight excluding hydrogens is 588 g/mol. The Morgan fingerprint density at radius 2 is 1.04 bits per heavy atom. The van der Waals surface area contributed by atoms with Crippen molar-refractivity contribution in [2.45, 2.75) is 169 Å². The third-order valence-corrected chi connectivity index (χ3v) is 8.84. The Balaban J connectivity index is 0.000000332. The quantitative estimate of drug-likeness (QED) is 0.215. The lowest BCUT2D eigenvalue weighted by molar-refractivity contribution is -0.183. The molecule has 9 nitrogen and oxygen atoms in total. The molecule has 0 aromatic carbocycles. The van der Waals surface area contributed by atoms with Crippen molar-refractivity contribution in [3.8, 4) is 0 Å². The van der Waals surface area contributed by atoms with Gasteiger partial charge in [-0.2, -0.15) is 0 Å². The van der Waals surface area contributed by atoms with E-state index >= 15 is 0 Å². The molecule has 0 aromatic rings. The molecule has 0 spiro atoms. The van der Waals surface area contributed by atoms with Crippen molar-refractivity contribution in [2.24, 2.45) is 23.7 Å². The fourth-order valence-electron chi connectivity index (χ4n) is 6.08. The third kappa shape index (κ3) is 16.2. The predicted octanol–water partition coefficient (Wildman–Crippen LogP) is 7.39. The van der Waals surface area contributed by atoms with Crippen molar-refractivity contribution in [3.05, 3.63) is 0 Å². The summed E-state index contributed by atoms with van der Waals surface area (Å²) in [5.41, 5.74) is -2.82. The molecule has 1 heterocycles. The minimum atomic E-state index is -0.917. The van der Waals surface area contributed by atoms with E-state index in [1.54, 1.807) is 27.7 Å². The molecule has 3 fully saturated rings. The van der Waals surface area contributed by atoms with Crippen LogP contribution >= 0.6 is 0 Å². The summed E-state index contributed by atoms with van der Waals surface area (Å²) >= 11 is 0. The fraction of sp³-hybridized carbons (Fsp3) is 0.946. The number of hydrogen-bond donors (Lipinski definition) is 1. The third-order valence-electron chi connectivity index (χ3n) is 8.84. The van der Waals surface area contributed by atoms with Crippen LogP contribution in [0.2, 0.25) is 0 Å². The number of rotatable bonds is 12. The van der Waals surface area contributed by atoms with Gasteiger partial charge in [-0.1, -0.05) is 12.8 Å². The maximum absolute atomic E-state index is 12.3. The highest BCUT2D eigenvalue weighted by Gasteiger charge is 2.36. The summed E-state index contributed by atoms with van der Waals surface area (Å²) in [6.45, 7) is 21.3. The normalized spacial score (nSPS) is 26.5. The van der Waals surface area contributed by atoms with Gasteiger partial charge in [0.15, 0.2) is 17.5 Å². The van der Waals surface area contributed by atoms with Gasteiger partial charge in [0.05, 0.1) is 19.8 Å². The second kappa shape index (κ2) is 18.5. The van der Waals surface area contributed by atoms with Gasteiger partial charge in [0.2, 0.25) is 0 Å². The van der Waals surface area contributed by atoms with Gasteiger partial charge in [-0.3, -0.25) is 0 Å². The molecule has 270 valence electrons. The molecule has 2 saturated carbocycles. The molecule has 46 heavy (non-hydrogen) atoms. The summed E-state index contributed by atoms with van der Waals surface area (Å²) in [6.07, 6.45) is 12.3. The fourth-order valence-corrected chi connectivity index (χ4v) is 6.08. The highest BCUT2D eigenvalue weighted by atomic mass is 16.7. The average Bonchev–Trinajstić information content (AvgIpc) is 2.97. The zero-order valence-electron chi connectivity index (χ0n) is 30.9. The maximum Gasteiger partial charge on any atom is 0.338 e. The molecule has 0 bridgehead atoms. The van der Waals surface area contributed by atoms with Crippen LogP contribution in [0.15, 0.2) is 0 Å². The van der Waals surface area contributed by atoms with Crippen LogP contribution in [0, 0.1) is 23.7 Å². The lowest BCUT2D eigenvalue weighted by Crippen LogP contribution is -2.42. The van der Waals surface area contributed by atoms with Gasteiger partial charge in [0, 0.05) is 13.2 Å². The van der Waals surface area contributed by atoms with Crippen molar-refractivity contribution in [3.63, 3.8) is 0 Å². The van der Waals surface area contributed by atoms with E-state index in [9.17, 15) is 14.7 Å². The molecule has 3 aliphatic rings. The zero-order chi connectivity index (χ0) is 34.6. The van der Waals surface area contributed by atoms with Crippen molar-refractivity contribution < 1.29 is 43.1 Å². The Labute approximate surface area is 280 Å². The van der Waals surface area contributed by atoms with Crippen molar-refractivity contribution in [1.82, 2.24) is 0 Å². The SMILES string of the molecule is CC(C)(C)OC(=O)C(C)(C)OC[C@@H]1CCC[C@H](CO)C1.CC(C)(C)OC(=O)C(C)(C)OC[C@@H]1CCC[C@H](COC2CCCCO2)C1. The van der Waals surface area contributed by atoms with E-state index in [2.05, 4.69) is 0 Å². The Hall–Kier alpha value is -1.26. The number of esters is 2. The van der Waals surface area contributed by atoms with Gasteiger partial charge in [0.1, 0.15) is 11.2 Å². The first-order chi connectivity index (χ1) is 21.3. The average molecular weight is 657 g/mol. The van der Waals surface area contributed by atoms with E-state index in [4.69, 9.17) is 28.4 Å². The van der Waals surface area contributed by atoms with Gasteiger partial charge in [0.25, 0.3) is 0 Å². The van der Waals surface area contributed by atoms with Crippen LogP contribution in [-0.2, 0) is 38.0 Å². The Morgan fingerprint density at radius 1 is 0.609 bits per heavy atom. The molecule has 0 radical (unpaired) electrons. The van der Waals surface area contributed by atoms with E-state index in [1.807, 2.05) is 41.5 Å². The summed E-state index contributed by atoms with van der Waals surface area (Å²) in [5, 5.41) is 9.24. The van der Waals surface area contributed by atoms with Crippen molar-refractivity contribution in [2.75, 3.05) is 33.0 Å². The van der Waals surface area contributed by atoms with Gasteiger partial charge >= 0.3 is 11.9 Å². The van der Waals surface area contributed by atoms with Crippen LogP contribution in [0.5, 0.6) is 0 Å². The number of aliphatic hydroxyl groups is 1. The molecular formula is C37H68O9. The standard InChI is InChI=1S/C21H38O5.C16H30O4/c1-20(2,3)26-19(22)21(4,5)25-15-17-10-8-9-16(13-17)14-24-18-11-6-7-12-23-18;1-15(2,3)20-14(18)16(4,5)19-11-13-8-6-7-12(9-13)10-17/h16-18H,6-15H2,1-5H3;12-13,17H,6-11H2,1-5H3/t16-,17+,18?;12-,13+/m00/s1. The first-order valence-electron chi connectivity index (χ1n) is 17.9. The zero-order valence-corrected chi connectivity index (χ0v) is 30.9. The van der Waals surface area contributed by atoms with E-state index in [-0.39, 0.29) is 24.8 Å². The Bertz CT molecular complexity index is 895. The van der Waals surface area contributed by atoms with Crippen molar-refractivity contribution >= 4 is 11.9 Å². The van der Waals surface area contributed by atoms with E-state index in [0.717, 1.165) is 64.6 Å². The summed E-state index contributed by atoms with van der Waals surface area (Å²) < 4.78 is 34.3. The van der Waals surface area contributed by atoms with Gasteiger partial charge < -0.3 is 33.5 Å². The molecule has 0 aromatic heterocycles. The summed E-state index contributed by atoms with van der Waals surface area (Å²) in [7, 11) is 0. The van der Waals surface area contributed by atoms with Crippen molar-refractivity contribution in [1.29, 1.82) is 0 Å². The lowest BCUT2D eigenvalue weighted by atomic mass is 9.82. The number of carbonyl (C=O) groups excluding carboxylic acids is 2. The van der Waals surface area contributed by atoms with Crippen LogP contribution in [0.3, 0.4) is 0 Å². The van der Waals surface area contributed by atoms with E-state index < -0.39 is 22.4 Å². The minimum absolute atomic E-state index is 0.00789. The first kappa shape index (κ1) is 40.9. The summed E-state index contributed by atoms with van der Waals surface area (Å²) in [4.78, 5) is 24.4. The monoisotopic (exact) mass is 656 g/mol. The topological polar surface area (TPSA) is 110 Å². The highest BCUT2D eigenvalue weighted by Crippen LogP contribution is 2.32.